The van der Waals surface area contributed by atoms with E-state index in [0.29, 0.717) is 23.4 Å². The summed E-state index contributed by atoms with van der Waals surface area (Å²) >= 11 is 0. The quantitative estimate of drug-likeness (QED) is 0.789. The molecule has 1 N–H and O–H groups in total. The fourth-order valence-corrected chi connectivity index (χ4v) is 4.58. The van der Waals surface area contributed by atoms with Gasteiger partial charge in [-0.1, -0.05) is 0 Å². The third-order valence-corrected chi connectivity index (χ3v) is 5.87. The molecule has 1 aromatic carbocycles. The normalized spacial score (nSPS) is 24.1. The molecule has 2 aliphatic carbocycles. The number of hydrogen-bond donors (Lipinski definition) is 1. The van der Waals surface area contributed by atoms with Crippen molar-refractivity contribution in [3.63, 3.8) is 0 Å². The predicted molar refractivity (Wildman–Crippen MR) is 79.8 cm³/mol. The van der Waals surface area contributed by atoms with Crippen molar-refractivity contribution in [3.8, 4) is 0 Å². The molecule has 4 nitrogen and oxygen atoms in total. The maximum absolute atomic E-state index is 12.6. The summed E-state index contributed by atoms with van der Waals surface area (Å²) in [7, 11) is -1.37. The molecule has 1 unspecified atom stereocenters. The summed E-state index contributed by atoms with van der Waals surface area (Å²) in [6, 6.07) is 3.74. The van der Waals surface area contributed by atoms with Crippen molar-refractivity contribution in [2.75, 3.05) is 12.3 Å². The number of rotatable bonds is 0. The molecule has 5 heteroatoms. The average Bonchev–Trinajstić information content (AvgIpc) is 2.51. The number of Topliss-reactive ketones (excluding diaryl/α,β-unsaturated/α-hetero) is 2. The first-order valence-corrected chi connectivity index (χ1v) is 8.60. The second-order valence-electron chi connectivity index (χ2n) is 5.71. The lowest BCUT2D eigenvalue weighted by atomic mass is 9.83. The maximum Gasteiger partial charge on any atom is 0.210 e. The van der Waals surface area contributed by atoms with Crippen molar-refractivity contribution in [2.45, 2.75) is 25.7 Å². The molecule has 1 aromatic rings. The Bertz CT molecular complexity index is 748. The number of ketones is 2. The summed E-state index contributed by atoms with van der Waals surface area (Å²) in [4.78, 5) is 25.4. The summed E-state index contributed by atoms with van der Waals surface area (Å²) < 4.78 is 12.1. The standard InChI is InChI=1S/C16H15NO3S/c18-14-11-7-9-3-1-2-4-10(9)8-12(11)15(19)16-13(14)17-5-6-21(16)20/h7-8,17H,1-6H2. The molecule has 0 radical (unpaired) electrons. The first-order valence-electron chi connectivity index (χ1n) is 7.28. The van der Waals surface area contributed by atoms with Crippen LogP contribution in [0.1, 0.15) is 44.7 Å². The highest BCUT2D eigenvalue weighted by Gasteiger charge is 2.37. The summed E-state index contributed by atoms with van der Waals surface area (Å²) in [5, 5.41) is 2.97. The molecular weight excluding hydrogens is 286 g/mol. The number of hydrogen-bond acceptors (Lipinski definition) is 4. The molecule has 3 aliphatic rings. The third-order valence-electron chi connectivity index (χ3n) is 4.45. The van der Waals surface area contributed by atoms with Gasteiger partial charge in [-0.15, -0.1) is 0 Å². The Kier molecular flexibility index (Phi) is 2.85. The van der Waals surface area contributed by atoms with Gasteiger partial charge in [-0.25, -0.2) is 0 Å². The fraction of sp³-hybridized carbons (Fsp3) is 0.375. The zero-order valence-corrected chi connectivity index (χ0v) is 12.3. The van der Waals surface area contributed by atoms with Crippen LogP contribution in [0.15, 0.2) is 22.7 Å². The number of fused-ring (bicyclic) bond motifs is 2. The van der Waals surface area contributed by atoms with Crippen LogP contribution < -0.4 is 5.32 Å². The molecule has 0 bridgehead atoms. The highest BCUT2D eigenvalue weighted by Crippen LogP contribution is 2.33. The number of carbonyl (C=O) groups is 2. The zero-order valence-electron chi connectivity index (χ0n) is 11.5. The lowest BCUT2D eigenvalue weighted by Gasteiger charge is -2.27. The number of benzene rings is 1. The van der Waals surface area contributed by atoms with E-state index in [1.54, 1.807) is 0 Å². The van der Waals surface area contributed by atoms with Crippen LogP contribution in [0.3, 0.4) is 0 Å². The zero-order chi connectivity index (χ0) is 14.6. The molecule has 0 aromatic heterocycles. The molecule has 21 heavy (non-hydrogen) atoms. The van der Waals surface area contributed by atoms with Crippen molar-refractivity contribution in [3.05, 3.63) is 45.0 Å². The number of nitrogens with one attached hydrogen (secondary N) is 1. The van der Waals surface area contributed by atoms with Crippen LogP contribution in [0.4, 0.5) is 0 Å². The molecule has 1 heterocycles. The minimum absolute atomic E-state index is 0.175. The highest BCUT2D eigenvalue weighted by atomic mass is 32.2. The van der Waals surface area contributed by atoms with Gasteiger partial charge < -0.3 is 5.32 Å². The van der Waals surface area contributed by atoms with Crippen LogP contribution >= 0.6 is 0 Å². The molecule has 0 fully saturated rings. The SMILES string of the molecule is O=C1C2=C(C(=O)c3cc4c(cc31)CCCC4)S(=O)CCN2. The van der Waals surface area contributed by atoms with Crippen molar-refractivity contribution < 1.29 is 13.8 Å². The van der Waals surface area contributed by atoms with E-state index in [-0.39, 0.29) is 22.2 Å². The molecule has 108 valence electrons. The predicted octanol–water partition coefficient (Wildman–Crippen LogP) is 1.51. The Hall–Kier alpha value is -1.75. The van der Waals surface area contributed by atoms with Crippen LogP contribution in [-0.2, 0) is 23.6 Å². The second kappa shape index (κ2) is 4.63. The Morgan fingerprint density at radius 2 is 1.57 bits per heavy atom. The van der Waals surface area contributed by atoms with Gasteiger partial charge in [0.2, 0.25) is 11.6 Å². The minimum atomic E-state index is -1.37. The van der Waals surface area contributed by atoms with E-state index in [1.165, 1.54) is 11.1 Å². The smallest absolute Gasteiger partial charge is 0.210 e. The summed E-state index contributed by atoms with van der Waals surface area (Å²) in [5.74, 6) is -0.0301. The Balaban J connectivity index is 1.93. The van der Waals surface area contributed by atoms with Crippen LogP contribution in [-0.4, -0.2) is 28.1 Å². The van der Waals surface area contributed by atoms with Crippen LogP contribution in [0, 0.1) is 0 Å². The Morgan fingerprint density at radius 3 is 2.24 bits per heavy atom. The largest absolute Gasteiger partial charge is 0.380 e. The van der Waals surface area contributed by atoms with Gasteiger partial charge in [0.05, 0.1) is 10.8 Å². The average molecular weight is 301 g/mol. The van der Waals surface area contributed by atoms with Crippen molar-refractivity contribution in [2.24, 2.45) is 0 Å². The summed E-state index contributed by atoms with van der Waals surface area (Å²) in [6.07, 6.45) is 4.17. The van der Waals surface area contributed by atoms with Crippen LogP contribution in [0.2, 0.25) is 0 Å². The van der Waals surface area contributed by atoms with Gasteiger partial charge in [-0.3, -0.25) is 13.8 Å². The molecule has 1 atom stereocenters. The minimum Gasteiger partial charge on any atom is -0.380 e. The van der Waals surface area contributed by atoms with E-state index in [0.717, 1.165) is 25.7 Å². The van der Waals surface area contributed by atoms with Crippen LogP contribution in [0.5, 0.6) is 0 Å². The van der Waals surface area contributed by atoms with Gasteiger partial charge in [0, 0.05) is 23.4 Å². The van der Waals surface area contributed by atoms with Gasteiger partial charge in [0.25, 0.3) is 0 Å². The lowest BCUT2D eigenvalue weighted by molar-refractivity contribution is 0.0974. The van der Waals surface area contributed by atoms with Gasteiger partial charge in [-0.05, 0) is 48.9 Å². The van der Waals surface area contributed by atoms with Gasteiger partial charge >= 0.3 is 0 Å². The summed E-state index contributed by atoms with van der Waals surface area (Å²) in [6.45, 7) is 0.477. The topological polar surface area (TPSA) is 63.2 Å². The van der Waals surface area contributed by atoms with E-state index in [9.17, 15) is 13.8 Å². The molecule has 0 saturated heterocycles. The molecular formula is C16H15NO3S. The maximum atomic E-state index is 12.6. The van der Waals surface area contributed by atoms with E-state index < -0.39 is 10.8 Å². The van der Waals surface area contributed by atoms with Crippen molar-refractivity contribution >= 4 is 22.4 Å². The van der Waals surface area contributed by atoms with Crippen molar-refractivity contribution in [1.29, 1.82) is 0 Å². The number of allylic oxidation sites excluding steroid dienone is 2. The van der Waals surface area contributed by atoms with E-state index in [2.05, 4.69) is 5.32 Å². The van der Waals surface area contributed by atoms with E-state index in [4.69, 9.17) is 0 Å². The first kappa shape index (κ1) is 13.0. The van der Waals surface area contributed by atoms with Crippen molar-refractivity contribution in [1.82, 2.24) is 5.32 Å². The molecule has 0 amide bonds. The molecule has 0 spiro atoms. The first-order chi connectivity index (χ1) is 10.2. The monoisotopic (exact) mass is 301 g/mol. The molecule has 1 aliphatic heterocycles. The molecule has 4 rings (SSSR count). The second-order valence-corrected chi connectivity index (χ2v) is 7.22. The summed E-state index contributed by atoms with van der Waals surface area (Å²) in [5.41, 5.74) is 3.52. The number of carbonyl (C=O) groups excluding carboxylic acids is 2. The van der Waals surface area contributed by atoms with Gasteiger partial charge in [0.15, 0.2) is 0 Å². The number of aryl methyl sites for hydroxylation is 2. The fourth-order valence-electron chi connectivity index (χ4n) is 3.38. The highest BCUT2D eigenvalue weighted by molar-refractivity contribution is 7.90. The van der Waals surface area contributed by atoms with E-state index in [1.807, 2.05) is 12.1 Å². The Morgan fingerprint density at radius 1 is 0.952 bits per heavy atom. The van der Waals surface area contributed by atoms with E-state index >= 15 is 0 Å². The van der Waals surface area contributed by atoms with Crippen LogP contribution in [0.25, 0.3) is 0 Å². The third kappa shape index (κ3) is 1.83. The van der Waals surface area contributed by atoms with Gasteiger partial charge in [0.1, 0.15) is 10.6 Å². The lowest BCUT2D eigenvalue weighted by Crippen LogP contribution is -2.38. The Labute approximate surface area is 125 Å². The molecule has 0 saturated carbocycles. The van der Waals surface area contributed by atoms with Gasteiger partial charge in [-0.2, -0.15) is 0 Å².